The van der Waals surface area contributed by atoms with Gasteiger partial charge in [0.25, 0.3) is 5.56 Å². The molecule has 2 aromatic carbocycles. The second-order valence-electron chi connectivity index (χ2n) is 7.77. The van der Waals surface area contributed by atoms with E-state index in [0.29, 0.717) is 34.0 Å². The minimum absolute atomic E-state index is 0.0100. The summed E-state index contributed by atoms with van der Waals surface area (Å²) >= 11 is 0. The Morgan fingerprint density at radius 3 is 2.62 bits per heavy atom. The molecule has 3 heterocycles. The van der Waals surface area contributed by atoms with Crippen molar-refractivity contribution in [1.82, 2.24) is 29.5 Å². The average Bonchev–Trinajstić information content (AvgIpc) is 3.27. The molecule has 0 aliphatic heterocycles. The number of aromatic amines is 1. The Hall–Kier alpha value is -4.14. The third-order valence-corrected chi connectivity index (χ3v) is 5.35. The predicted octanol–water partition coefficient (Wildman–Crippen LogP) is 4.00. The van der Waals surface area contributed by atoms with Gasteiger partial charge in [0, 0.05) is 0 Å². The van der Waals surface area contributed by atoms with Gasteiger partial charge in [0.05, 0.1) is 23.6 Å². The van der Waals surface area contributed by atoms with Gasteiger partial charge < -0.3 is 10.3 Å². The van der Waals surface area contributed by atoms with E-state index in [2.05, 4.69) is 25.3 Å². The highest BCUT2D eigenvalue weighted by Crippen LogP contribution is 2.29. The number of benzene rings is 2. The molecule has 160 valence electrons. The normalized spacial score (nSPS) is 12.5. The summed E-state index contributed by atoms with van der Waals surface area (Å²) in [6, 6.07) is 13.2. The average molecular weight is 429 g/mol. The summed E-state index contributed by atoms with van der Waals surface area (Å²) < 4.78 is 16.1. The lowest BCUT2D eigenvalue weighted by Crippen LogP contribution is -2.31. The number of hydrogen-bond donors (Lipinski definition) is 2. The molecule has 3 aromatic heterocycles. The van der Waals surface area contributed by atoms with Crippen molar-refractivity contribution in [1.29, 1.82) is 0 Å². The molecule has 0 unspecified atom stereocenters. The van der Waals surface area contributed by atoms with E-state index >= 15 is 0 Å². The van der Waals surface area contributed by atoms with Crippen LogP contribution in [0.4, 0.5) is 10.2 Å². The van der Waals surface area contributed by atoms with Gasteiger partial charge in [0.2, 0.25) is 0 Å². The third-order valence-electron chi connectivity index (χ3n) is 5.35. The molecule has 0 radical (unpaired) electrons. The molecule has 0 aliphatic carbocycles. The van der Waals surface area contributed by atoms with Crippen LogP contribution in [0.5, 0.6) is 0 Å². The Labute approximate surface area is 182 Å². The predicted molar refractivity (Wildman–Crippen MR) is 120 cm³/mol. The molecule has 0 aliphatic rings. The number of nitrogens with one attached hydrogen (secondary N) is 2. The standard InChI is InChI=1S/C23H20FN7O/c1-13(2)18(30-21-19-20(26-11-25-19)27-12-28-21)22-29-16-10-6-9-15(24)17(16)23(32)31(22)14-7-4-3-5-8-14/h3-13,18H,1-2H3,(H2,25,26,27,28,30)/t18-/m1/s1. The second-order valence-corrected chi connectivity index (χ2v) is 7.77. The number of imidazole rings is 1. The molecule has 0 saturated carbocycles. The quantitative estimate of drug-likeness (QED) is 0.438. The van der Waals surface area contributed by atoms with Crippen LogP contribution in [0.15, 0.2) is 66.0 Å². The molecular formula is C23H20FN7O. The maximum Gasteiger partial charge on any atom is 0.269 e. The van der Waals surface area contributed by atoms with Crippen LogP contribution in [0.3, 0.4) is 0 Å². The Kier molecular flexibility index (Phi) is 4.85. The van der Waals surface area contributed by atoms with Gasteiger partial charge in [0.15, 0.2) is 11.5 Å². The maximum absolute atomic E-state index is 14.6. The van der Waals surface area contributed by atoms with Crippen molar-refractivity contribution in [3.63, 3.8) is 0 Å². The summed E-state index contributed by atoms with van der Waals surface area (Å²) in [6.45, 7) is 4.03. The highest BCUT2D eigenvalue weighted by molar-refractivity contribution is 5.82. The minimum Gasteiger partial charge on any atom is -0.358 e. The van der Waals surface area contributed by atoms with Crippen molar-refractivity contribution in [2.75, 3.05) is 5.32 Å². The molecule has 0 amide bonds. The lowest BCUT2D eigenvalue weighted by molar-refractivity contribution is 0.508. The molecule has 2 N–H and O–H groups in total. The summed E-state index contributed by atoms with van der Waals surface area (Å²) in [6.07, 6.45) is 2.97. The van der Waals surface area contributed by atoms with Crippen molar-refractivity contribution in [3.05, 3.63) is 83.2 Å². The number of hydrogen-bond acceptors (Lipinski definition) is 6. The highest BCUT2D eigenvalue weighted by Gasteiger charge is 2.26. The van der Waals surface area contributed by atoms with Crippen molar-refractivity contribution in [2.24, 2.45) is 5.92 Å². The fourth-order valence-electron chi connectivity index (χ4n) is 3.79. The first-order chi connectivity index (χ1) is 15.5. The van der Waals surface area contributed by atoms with E-state index in [1.807, 2.05) is 32.0 Å². The van der Waals surface area contributed by atoms with E-state index in [0.717, 1.165) is 0 Å². The molecule has 32 heavy (non-hydrogen) atoms. The number of rotatable bonds is 5. The fourth-order valence-corrected chi connectivity index (χ4v) is 3.79. The number of para-hydroxylation sites is 1. The topological polar surface area (TPSA) is 101 Å². The van der Waals surface area contributed by atoms with E-state index in [4.69, 9.17) is 4.98 Å². The van der Waals surface area contributed by atoms with Crippen LogP contribution in [0.25, 0.3) is 27.8 Å². The van der Waals surface area contributed by atoms with Crippen LogP contribution >= 0.6 is 0 Å². The van der Waals surface area contributed by atoms with Crippen LogP contribution < -0.4 is 10.9 Å². The van der Waals surface area contributed by atoms with Gasteiger partial charge in [-0.05, 0) is 30.2 Å². The molecule has 0 saturated heterocycles. The zero-order valence-electron chi connectivity index (χ0n) is 17.5. The first-order valence-corrected chi connectivity index (χ1v) is 10.2. The minimum atomic E-state index is -0.597. The Morgan fingerprint density at radius 2 is 1.84 bits per heavy atom. The smallest absolute Gasteiger partial charge is 0.269 e. The Balaban J connectivity index is 1.77. The van der Waals surface area contributed by atoms with Gasteiger partial charge in [-0.25, -0.2) is 24.3 Å². The van der Waals surface area contributed by atoms with Crippen molar-refractivity contribution < 1.29 is 4.39 Å². The molecule has 8 nitrogen and oxygen atoms in total. The second kappa shape index (κ2) is 7.84. The zero-order valence-corrected chi connectivity index (χ0v) is 17.5. The van der Waals surface area contributed by atoms with Gasteiger partial charge in [0.1, 0.15) is 28.9 Å². The lowest BCUT2D eigenvalue weighted by atomic mass is 10.0. The van der Waals surface area contributed by atoms with Gasteiger partial charge in [-0.1, -0.05) is 38.1 Å². The largest absolute Gasteiger partial charge is 0.358 e. The summed E-state index contributed by atoms with van der Waals surface area (Å²) in [5.41, 5.74) is 1.62. The van der Waals surface area contributed by atoms with Crippen LogP contribution in [-0.2, 0) is 0 Å². The van der Waals surface area contributed by atoms with Gasteiger partial charge in [-0.2, -0.15) is 0 Å². The van der Waals surface area contributed by atoms with Gasteiger partial charge in [-0.3, -0.25) is 9.36 Å². The monoisotopic (exact) mass is 429 g/mol. The summed E-state index contributed by atoms with van der Waals surface area (Å²) in [4.78, 5) is 34.0. The molecule has 0 fully saturated rings. The van der Waals surface area contributed by atoms with Crippen LogP contribution in [-0.4, -0.2) is 29.5 Å². The number of aromatic nitrogens is 6. The molecular weight excluding hydrogens is 409 g/mol. The summed E-state index contributed by atoms with van der Waals surface area (Å²) in [7, 11) is 0. The fraction of sp³-hybridized carbons (Fsp3) is 0.174. The highest BCUT2D eigenvalue weighted by atomic mass is 19.1. The van der Waals surface area contributed by atoms with Crippen molar-refractivity contribution in [2.45, 2.75) is 19.9 Å². The van der Waals surface area contributed by atoms with E-state index in [1.54, 1.807) is 30.6 Å². The van der Waals surface area contributed by atoms with Gasteiger partial charge in [-0.15, -0.1) is 0 Å². The molecule has 0 spiro atoms. The Morgan fingerprint density at radius 1 is 1.03 bits per heavy atom. The number of nitrogens with zero attached hydrogens (tertiary/aromatic N) is 5. The first-order valence-electron chi connectivity index (χ1n) is 10.2. The van der Waals surface area contributed by atoms with E-state index in [9.17, 15) is 9.18 Å². The molecule has 0 bridgehead atoms. The zero-order chi connectivity index (χ0) is 22.2. The van der Waals surface area contributed by atoms with E-state index < -0.39 is 17.4 Å². The first kappa shape index (κ1) is 19.8. The van der Waals surface area contributed by atoms with Crippen LogP contribution in [0.2, 0.25) is 0 Å². The molecule has 5 aromatic rings. The summed E-state index contributed by atoms with van der Waals surface area (Å²) in [5.74, 6) is 0.413. The van der Waals surface area contributed by atoms with Crippen molar-refractivity contribution in [3.8, 4) is 5.69 Å². The molecule has 5 rings (SSSR count). The lowest BCUT2D eigenvalue weighted by Gasteiger charge is -2.26. The van der Waals surface area contributed by atoms with Crippen LogP contribution in [0.1, 0.15) is 25.7 Å². The number of H-pyrrole nitrogens is 1. The molecule has 1 atom stereocenters. The number of halogens is 1. The van der Waals surface area contributed by atoms with Crippen molar-refractivity contribution >= 4 is 27.9 Å². The Bertz CT molecular complexity index is 1480. The van der Waals surface area contributed by atoms with Crippen LogP contribution in [0, 0.1) is 11.7 Å². The van der Waals surface area contributed by atoms with E-state index in [-0.39, 0.29) is 11.3 Å². The SMILES string of the molecule is CC(C)[C@@H](Nc1ncnc2nc[nH]c12)c1nc2cccc(F)c2c(=O)n1-c1ccccc1. The maximum atomic E-state index is 14.6. The molecule has 9 heteroatoms. The number of anilines is 1. The third kappa shape index (κ3) is 3.27. The van der Waals surface area contributed by atoms with E-state index in [1.165, 1.54) is 17.0 Å². The van der Waals surface area contributed by atoms with Gasteiger partial charge >= 0.3 is 0 Å². The number of fused-ring (bicyclic) bond motifs is 2. The summed E-state index contributed by atoms with van der Waals surface area (Å²) in [5, 5.41) is 3.36.